The smallest absolute Gasteiger partial charge is 0.282 e. The first-order valence-corrected chi connectivity index (χ1v) is 6.43. The molecular formula is C13H17N3O4. The van der Waals surface area contributed by atoms with E-state index in [1.54, 1.807) is 13.0 Å². The Morgan fingerprint density at radius 1 is 1.60 bits per heavy atom. The van der Waals surface area contributed by atoms with Crippen molar-refractivity contribution in [2.24, 2.45) is 0 Å². The molecule has 1 atom stereocenters. The molecule has 2 N–H and O–H groups in total. The number of morpholine rings is 1. The molecule has 1 unspecified atom stereocenters. The van der Waals surface area contributed by atoms with E-state index in [1.807, 2.05) is 0 Å². The minimum Gasteiger partial charge on any atom is -0.374 e. The van der Waals surface area contributed by atoms with E-state index in [2.05, 4.69) is 10.6 Å². The molecule has 7 heteroatoms. The Balaban J connectivity index is 2.04. The normalized spacial score (nSPS) is 18.6. The average molecular weight is 279 g/mol. The third-order valence-electron chi connectivity index (χ3n) is 3.09. The van der Waals surface area contributed by atoms with Crippen LogP contribution < -0.4 is 10.6 Å². The molecule has 1 aliphatic heterocycles. The van der Waals surface area contributed by atoms with Gasteiger partial charge in [0.15, 0.2) is 0 Å². The largest absolute Gasteiger partial charge is 0.374 e. The molecule has 1 aromatic rings. The number of hydrogen-bond donors (Lipinski definition) is 2. The summed E-state index contributed by atoms with van der Waals surface area (Å²) in [6.07, 6.45) is -0.100. The minimum absolute atomic E-state index is 0.0822. The molecule has 0 bridgehead atoms. The number of rotatable bonds is 4. The van der Waals surface area contributed by atoms with Gasteiger partial charge in [0.05, 0.1) is 17.6 Å². The molecule has 7 nitrogen and oxygen atoms in total. The van der Waals surface area contributed by atoms with Crippen LogP contribution in [-0.4, -0.2) is 43.2 Å². The van der Waals surface area contributed by atoms with E-state index in [4.69, 9.17) is 4.74 Å². The predicted octanol–water partition coefficient (Wildman–Crippen LogP) is 0.621. The molecule has 0 radical (unpaired) electrons. The summed E-state index contributed by atoms with van der Waals surface area (Å²) in [5.74, 6) is -0.449. The van der Waals surface area contributed by atoms with Gasteiger partial charge in [0.2, 0.25) is 0 Å². The van der Waals surface area contributed by atoms with Crippen LogP contribution in [0.4, 0.5) is 5.69 Å². The lowest BCUT2D eigenvalue weighted by molar-refractivity contribution is -0.385. The number of carbonyl (C=O) groups is 1. The van der Waals surface area contributed by atoms with Gasteiger partial charge in [-0.15, -0.1) is 0 Å². The average Bonchev–Trinajstić information content (AvgIpc) is 2.45. The molecule has 1 fully saturated rings. The van der Waals surface area contributed by atoms with Gasteiger partial charge >= 0.3 is 0 Å². The molecular weight excluding hydrogens is 262 g/mol. The highest BCUT2D eigenvalue weighted by molar-refractivity contribution is 5.98. The summed E-state index contributed by atoms with van der Waals surface area (Å²) in [4.78, 5) is 22.5. The molecule has 0 aromatic heterocycles. The molecule has 1 amide bonds. The molecule has 1 aromatic carbocycles. The van der Waals surface area contributed by atoms with Gasteiger partial charge in [-0.1, -0.05) is 6.07 Å². The number of nitro groups is 1. The zero-order valence-electron chi connectivity index (χ0n) is 11.2. The maximum Gasteiger partial charge on any atom is 0.282 e. The van der Waals surface area contributed by atoms with Gasteiger partial charge in [-0.05, 0) is 18.6 Å². The molecule has 0 aliphatic carbocycles. The molecule has 1 saturated heterocycles. The molecule has 0 spiro atoms. The number of ether oxygens (including phenoxy) is 1. The van der Waals surface area contributed by atoms with Crippen molar-refractivity contribution in [3.63, 3.8) is 0 Å². The Hall–Kier alpha value is -1.99. The number of amides is 1. The molecule has 108 valence electrons. The second-order valence-corrected chi connectivity index (χ2v) is 4.68. The van der Waals surface area contributed by atoms with E-state index in [9.17, 15) is 14.9 Å². The quantitative estimate of drug-likeness (QED) is 0.622. The Morgan fingerprint density at radius 2 is 2.40 bits per heavy atom. The molecule has 20 heavy (non-hydrogen) atoms. The van der Waals surface area contributed by atoms with Gasteiger partial charge < -0.3 is 15.4 Å². The van der Waals surface area contributed by atoms with Crippen molar-refractivity contribution in [3.8, 4) is 0 Å². The van der Waals surface area contributed by atoms with Crippen LogP contribution in [0.5, 0.6) is 0 Å². The number of nitrogens with one attached hydrogen (secondary N) is 2. The topological polar surface area (TPSA) is 93.5 Å². The van der Waals surface area contributed by atoms with Crippen LogP contribution in [0.25, 0.3) is 0 Å². The van der Waals surface area contributed by atoms with Crippen LogP contribution >= 0.6 is 0 Å². The van der Waals surface area contributed by atoms with Crippen LogP contribution in [0, 0.1) is 17.0 Å². The molecule has 1 heterocycles. The first-order chi connectivity index (χ1) is 9.58. The van der Waals surface area contributed by atoms with E-state index in [1.165, 1.54) is 12.1 Å². The van der Waals surface area contributed by atoms with Crippen LogP contribution in [0.1, 0.15) is 15.9 Å². The van der Waals surface area contributed by atoms with Crippen molar-refractivity contribution in [2.45, 2.75) is 13.0 Å². The summed E-state index contributed by atoms with van der Waals surface area (Å²) in [5.41, 5.74) is 0.700. The number of benzene rings is 1. The lowest BCUT2D eigenvalue weighted by atomic mass is 10.1. The van der Waals surface area contributed by atoms with Gasteiger partial charge in [0.25, 0.3) is 11.6 Å². The predicted molar refractivity (Wildman–Crippen MR) is 72.8 cm³/mol. The lowest BCUT2D eigenvalue weighted by Crippen LogP contribution is -2.45. The van der Waals surface area contributed by atoms with Crippen molar-refractivity contribution in [3.05, 3.63) is 39.4 Å². The monoisotopic (exact) mass is 279 g/mol. The van der Waals surface area contributed by atoms with Crippen molar-refractivity contribution < 1.29 is 14.5 Å². The number of carbonyl (C=O) groups excluding carboxylic acids is 1. The molecule has 2 rings (SSSR count). The standard InChI is InChI=1S/C13H17N3O4/c1-9-2-3-12(16(18)19)11(6-9)13(17)15-8-10-7-14-4-5-20-10/h2-3,6,10,14H,4-5,7-8H2,1H3,(H,15,17). The van der Waals surface area contributed by atoms with Crippen LogP contribution in [0.3, 0.4) is 0 Å². The van der Waals surface area contributed by atoms with E-state index in [0.29, 0.717) is 19.7 Å². The fourth-order valence-electron chi connectivity index (χ4n) is 2.04. The first-order valence-electron chi connectivity index (χ1n) is 6.43. The highest BCUT2D eigenvalue weighted by atomic mass is 16.6. The summed E-state index contributed by atoms with van der Waals surface area (Å²) >= 11 is 0. The van der Waals surface area contributed by atoms with Crippen molar-refractivity contribution in [1.82, 2.24) is 10.6 Å². The fourth-order valence-corrected chi connectivity index (χ4v) is 2.04. The SMILES string of the molecule is Cc1ccc([N+](=O)[O-])c(C(=O)NCC2CNCCO2)c1. The molecule has 0 saturated carbocycles. The highest BCUT2D eigenvalue weighted by Crippen LogP contribution is 2.19. The van der Waals surface area contributed by atoms with E-state index < -0.39 is 10.8 Å². The fraction of sp³-hybridized carbons (Fsp3) is 0.462. The maximum absolute atomic E-state index is 12.1. The summed E-state index contributed by atoms with van der Waals surface area (Å²) < 4.78 is 5.45. The van der Waals surface area contributed by atoms with E-state index in [-0.39, 0.29) is 17.4 Å². The van der Waals surface area contributed by atoms with Crippen LogP contribution in [0.15, 0.2) is 18.2 Å². The zero-order valence-corrected chi connectivity index (χ0v) is 11.2. The Bertz CT molecular complexity index is 512. The summed E-state index contributed by atoms with van der Waals surface area (Å²) in [5, 5.41) is 16.8. The third-order valence-corrected chi connectivity index (χ3v) is 3.09. The Kier molecular flexibility index (Phi) is 4.65. The number of nitrogens with zero attached hydrogens (tertiary/aromatic N) is 1. The summed E-state index contributed by atoms with van der Waals surface area (Å²) in [6, 6.07) is 4.49. The minimum atomic E-state index is -0.549. The van der Waals surface area contributed by atoms with Gasteiger partial charge in [0, 0.05) is 25.7 Å². The summed E-state index contributed by atoms with van der Waals surface area (Å²) in [6.45, 7) is 4.18. The van der Waals surface area contributed by atoms with Crippen molar-refractivity contribution >= 4 is 11.6 Å². The van der Waals surface area contributed by atoms with Gasteiger partial charge in [-0.25, -0.2) is 0 Å². The maximum atomic E-state index is 12.1. The number of hydrogen-bond acceptors (Lipinski definition) is 5. The number of nitro benzene ring substituents is 1. The van der Waals surface area contributed by atoms with Gasteiger partial charge in [-0.2, -0.15) is 0 Å². The van der Waals surface area contributed by atoms with Crippen LogP contribution in [-0.2, 0) is 4.74 Å². The molecule has 1 aliphatic rings. The third kappa shape index (κ3) is 3.52. The van der Waals surface area contributed by atoms with E-state index >= 15 is 0 Å². The van der Waals surface area contributed by atoms with Crippen molar-refractivity contribution in [1.29, 1.82) is 0 Å². The number of aryl methyl sites for hydroxylation is 1. The lowest BCUT2D eigenvalue weighted by Gasteiger charge is -2.23. The van der Waals surface area contributed by atoms with E-state index in [0.717, 1.165) is 12.1 Å². The van der Waals surface area contributed by atoms with Gasteiger partial charge in [0.1, 0.15) is 5.56 Å². The van der Waals surface area contributed by atoms with Gasteiger partial charge in [-0.3, -0.25) is 14.9 Å². The Labute approximate surface area is 116 Å². The summed E-state index contributed by atoms with van der Waals surface area (Å²) in [7, 11) is 0. The first kappa shape index (κ1) is 14.4. The van der Waals surface area contributed by atoms with Crippen molar-refractivity contribution in [2.75, 3.05) is 26.2 Å². The highest BCUT2D eigenvalue weighted by Gasteiger charge is 2.21. The van der Waals surface area contributed by atoms with Crippen LogP contribution in [0.2, 0.25) is 0 Å². The zero-order chi connectivity index (χ0) is 14.5. The second-order valence-electron chi connectivity index (χ2n) is 4.68. The Morgan fingerprint density at radius 3 is 3.05 bits per heavy atom. The second kappa shape index (κ2) is 6.44.